The van der Waals surface area contributed by atoms with Crippen molar-refractivity contribution >= 4 is 27.5 Å². The highest BCUT2D eigenvalue weighted by molar-refractivity contribution is 9.10. The number of nitrogens with one attached hydrogen (secondary N) is 1. The molecule has 4 N–H and O–H groups in total. The molecular formula is C21H34BrN3O2. The summed E-state index contributed by atoms with van der Waals surface area (Å²) in [5.74, 6) is -0.0679. The number of hydrogen-bond donors (Lipinski definition) is 3. The Hall–Kier alpha value is -1.11. The summed E-state index contributed by atoms with van der Waals surface area (Å²) in [6.45, 7) is 4.80. The molecule has 0 bridgehead atoms. The van der Waals surface area contributed by atoms with Gasteiger partial charge in [-0.15, -0.1) is 0 Å². The molecule has 1 aliphatic carbocycles. The zero-order chi connectivity index (χ0) is 19.6. The van der Waals surface area contributed by atoms with Crippen LogP contribution in [0, 0.1) is 0 Å². The van der Waals surface area contributed by atoms with Crippen molar-refractivity contribution < 1.29 is 9.90 Å². The second kappa shape index (κ2) is 11.7. The van der Waals surface area contributed by atoms with Crippen LogP contribution < -0.4 is 11.1 Å². The first-order chi connectivity index (χ1) is 13.1. The van der Waals surface area contributed by atoms with Gasteiger partial charge in [0, 0.05) is 35.8 Å². The van der Waals surface area contributed by atoms with Crippen LogP contribution in [0.4, 0.5) is 5.69 Å². The normalized spacial score (nSPS) is 15.3. The fraction of sp³-hybridized carbons (Fsp3) is 0.667. The minimum Gasteiger partial charge on any atom is -0.398 e. The van der Waals surface area contributed by atoms with E-state index in [0.717, 1.165) is 48.1 Å². The number of halogens is 1. The zero-order valence-corrected chi connectivity index (χ0v) is 18.1. The molecule has 0 heterocycles. The summed E-state index contributed by atoms with van der Waals surface area (Å²) in [6, 6.07) is 4.36. The number of anilines is 1. The van der Waals surface area contributed by atoms with E-state index in [1.807, 2.05) is 6.07 Å². The fourth-order valence-electron chi connectivity index (χ4n) is 3.82. The third-order valence-corrected chi connectivity index (χ3v) is 6.12. The Morgan fingerprint density at radius 3 is 2.67 bits per heavy atom. The minimum atomic E-state index is -0.0679. The van der Waals surface area contributed by atoms with E-state index in [9.17, 15) is 4.79 Å². The number of rotatable bonds is 10. The van der Waals surface area contributed by atoms with Gasteiger partial charge in [0.2, 0.25) is 0 Å². The smallest absolute Gasteiger partial charge is 0.251 e. The average Bonchev–Trinajstić information content (AvgIpc) is 2.69. The number of hydrogen-bond acceptors (Lipinski definition) is 4. The van der Waals surface area contributed by atoms with Crippen molar-refractivity contribution in [3.05, 3.63) is 27.7 Å². The molecule has 0 aliphatic heterocycles. The Kier molecular flexibility index (Phi) is 9.59. The Balaban J connectivity index is 2.04. The third kappa shape index (κ3) is 6.77. The van der Waals surface area contributed by atoms with Crippen molar-refractivity contribution in [1.82, 2.24) is 10.2 Å². The van der Waals surface area contributed by atoms with Gasteiger partial charge in [-0.25, -0.2) is 0 Å². The lowest BCUT2D eigenvalue weighted by molar-refractivity contribution is 0.0952. The second-order valence-electron chi connectivity index (χ2n) is 7.43. The molecule has 1 amide bonds. The van der Waals surface area contributed by atoms with E-state index in [4.69, 9.17) is 10.8 Å². The average molecular weight is 440 g/mol. The van der Waals surface area contributed by atoms with Crippen LogP contribution in [0.3, 0.4) is 0 Å². The number of nitrogens with two attached hydrogens (primary N) is 1. The van der Waals surface area contributed by atoms with Crippen LogP contribution in [0.5, 0.6) is 0 Å². The summed E-state index contributed by atoms with van der Waals surface area (Å²) >= 11 is 3.52. The number of aliphatic hydroxyl groups is 1. The van der Waals surface area contributed by atoms with Gasteiger partial charge in [0.05, 0.1) is 5.69 Å². The Labute approximate surface area is 171 Å². The first kappa shape index (κ1) is 22.2. The van der Waals surface area contributed by atoms with E-state index in [2.05, 4.69) is 33.1 Å². The highest BCUT2D eigenvalue weighted by Gasteiger charge is 2.21. The van der Waals surface area contributed by atoms with E-state index in [-0.39, 0.29) is 12.5 Å². The van der Waals surface area contributed by atoms with Gasteiger partial charge in [0.25, 0.3) is 5.91 Å². The van der Waals surface area contributed by atoms with Crippen LogP contribution in [0.15, 0.2) is 16.6 Å². The Morgan fingerprint density at radius 1 is 1.26 bits per heavy atom. The zero-order valence-electron chi connectivity index (χ0n) is 16.5. The van der Waals surface area contributed by atoms with Gasteiger partial charge in [0.1, 0.15) is 0 Å². The van der Waals surface area contributed by atoms with Crippen molar-refractivity contribution in [1.29, 1.82) is 0 Å². The number of amides is 1. The molecular weight excluding hydrogens is 406 g/mol. The number of nitrogen functional groups attached to an aromatic ring is 1. The van der Waals surface area contributed by atoms with Crippen molar-refractivity contribution in [2.45, 2.75) is 70.9 Å². The summed E-state index contributed by atoms with van der Waals surface area (Å²) < 4.78 is 0.783. The van der Waals surface area contributed by atoms with Crippen molar-refractivity contribution in [2.75, 3.05) is 25.4 Å². The van der Waals surface area contributed by atoms with Gasteiger partial charge in [-0.05, 0) is 72.3 Å². The maximum absolute atomic E-state index is 12.5. The van der Waals surface area contributed by atoms with Crippen LogP contribution >= 0.6 is 15.9 Å². The van der Waals surface area contributed by atoms with Gasteiger partial charge in [-0.3, -0.25) is 9.69 Å². The topological polar surface area (TPSA) is 78.6 Å². The van der Waals surface area contributed by atoms with Gasteiger partial charge < -0.3 is 16.2 Å². The molecule has 152 valence electrons. The number of aliphatic hydroxyl groups excluding tert-OH is 1. The van der Waals surface area contributed by atoms with E-state index in [1.165, 1.54) is 32.1 Å². The summed E-state index contributed by atoms with van der Waals surface area (Å²) in [7, 11) is 0. The number of unbranched alkanes of at least 4 members (excludes halogenated alkanes) is 2. The molecule has 0 atom stereocenters. The first-order valence-corrected chi connectivity index (χ1v) is 11.1. The van der Waals surface area contributed by atoms with E-state index in [1.54, 1.807) is 6.07 Å². The second-order valence-corrected chi connectivity index (χ2v) is 8.28. The predicted molar refractivity (Wildman–Crippen MR) is 115 cm³/mol. The molecule has 2 rings (SSSR count). The van der Waals surface area contributed by atoms with E-state index in [0.29, 0.717) is 18.2 Å². The standard InChI is InChI=1S/C21H34BrN3O2/c1-2-25(18-9-5-3-6-10-18)15-17-13-16(14-19(22)20(17)23)21(27)24-11-7-4-8-12-26/h13-14,18,26H,2-12,15,23H2,1H3,(H,24,27). The number of carbonyl (C=O) groups excluding carboxylic acids is 1. The van der Waals surface area contributed by atoms with Crippen LogP contribution in [0.1, 0.15) is 74.2 Å². The summed E-state index contributed by atoms with van der Waals surface area (Å²) in [5.41, 5.74) is 8.70. The molecule has 5 nitrogen and oxygen atoms in total. The highest BCUT2D eigenvalue weighted by Crippen LogP contribution is 2.29. The number of carbonyl (C=O) groups is 1. The number of benzene rings is 1. The third-order valence-electron chi connectivity index (χ3n) is 5.47. The van der Waals surface area contributed by atoms with Crippen molar-refractivity contribution in [3.63, 3.8) is 0 Å². The fourth-order valence-corrected chi connectivity index (χ4v) is 4.32. The Bertz CT molecular complexity index is 603. The highest BCUT2D eigenvalue weighted by atomic mass is 79.9. The molecule has 1 aliphatic rings. The predicted octanol–water partition coefficient (Wildman–Crippen LogP) is 4.08. The molecule has 1 fully saturated rings. The van der Waals surface area contributed by atoms with E-state index < -0.39 is 0 Å². The molecule has 6 heteroatoms. The van der Waals surface area contributed by atoms with Crippen LogP contribution in [-0.2, 0) is 6.54 Å². The van der Waals surface area contributed by atoms with Crippen LogP contribution in [0.25, 0.3) is 0 Å². The van der Waals surface area contributed by atoms with Crippen LogP contribution in [0.2, 0.25) is 0 Å². The maximum Gasteiger partial charge on any atom is 0.251 e. The lowest BCUT2D eigenvalue weighted by atomic mass is 9.93. The van der Waals surface area contributed by atoms with Gasteiger partial charge >= 0.3 is 0 Å². The lowest BCUT2D eigenvalue weighted by Gasteiger charge is -2.34. The van der Waals surface area contributed by atoms with Crippen molar-refractivity contribution in [3.8, 4) is 0 Å². The number of nitrogens with zero attached hydrogens (tertiary/aromatic N) is 1. The lowest BCUT2D eigenvalue weighted by Crippen LogP contribution is -2.36. The molecule has 1 aromatic rings. The Morgan fingerprint density at radius 2 is 2.00 bits per heavy atom. The molecule has 0 spiro atoms. The maximum atomic E-state index is 12.5. The SMILES string of the molecule is CCN(Cc1cc(C(=O)NCCCCCO)cc(Br)c1N)C1CCCCC1. The molecule has 0 unspecified atom stereocenters. The monoisotopic (exact) mass is 439 g/mol. The van der Waals surface area contributed by atoms with Gasteiger partial charge in [0.15, 0.2) is 0 Å². The molecule has 1 saturated carbocycles. The van der Waals surface area contributed by atoms with Crippen LogP contribution in [-0.4, -0.2) is 41.7 Å². The van der Waals surface area contributed by atoms with Gasteiger partial charge in [-0.1, -0.05) is 26.2 Å². The van der Waals surface area contributed by atoms with Crippen molar-refractivity contribution in [2.24, 2.45) is 0 Å². The van der Waals surface area contributed by atoms with E-state index >= 15 is 0 Å². The van der Waals surface area contributed by atoms with Gasteiger partial charge in [-0.2, -0.15) is 0 Å². The molecule has 0 radical (unpaired) electrons. The molecule has 0 saturated heterocycles. The molecule has 27 heavy (non-hydrogen) atoms. The largest absolute Gasteiger partial charge is 0.398 e. The first-order valence-electron chi connectivity index (χ1n) is 10.3. The molecule has 0 aromatic heterocycles. The summed E-state index contributed by atoms with van der Waals surface area (Å²) in [6.07, 6.45) is 9.03. The quantitative estimate of drug-likeness (QED) is 0.379. The minimum absolute atomic E-state index is 0.0679. The molecule has 1 aromatic carbocycles. The summed E-state index contributed by atoms with van der Waals surface area (Å²) in [5, 5.41) is 11.8. The summed E-state index contributed by atoms with van der Waals surface area (Å²) in [4.78, 5) is 15.0.